The molecule has 2 aliphatic rings. The molecule has 3 nitrogen and oxygen atoms in total. The zero-order valence-electron chi connectivity index (χ0n) is 11.9. The molecule has 0 spiro atoms. The Hall–Kier alpha value is -0.280. The van der Waals surface area contributed by atoms with Crippen molar-refractivity contribution in [2.45, 2.75) is 51.6 Å². The van der Waals surface area contributed by atoms with E-state index in [-0.39, 0.29) is 0 Å². The molecule has 1 unspecified atom stereocenters. The maximum atomic E-state index is 12.3. The van der Waals surface area contributed by atoms with Crippen LogP contribution in [0.4, 0.5) is 0 Å². The number of piperidine rings is 1. The zero-order valence-corrected chi connectivity index (χ0v) is 12.7. The quantitative estimate of drug-likeness (QED) is 0.703. The summed E-state index contributed by atoms with van der Waals surface area (Å²) in [5.74, 6) is 2.23. The lowest BCUT2D eigenvalue weighted by Crippen LogP contribution is -2.42. The van der Waals surface area contributed by atoms with Crippen molar-refractivity contribution in [2.75, 3.05) is 25.6 Å². The first kappa shape index (κ1) is 15.1. The summed E-state index contributed by atoms with van der Waals surface area (Å²) < 4.78 is 5.54. The van der Waals surface area contributed by atoms with Crippen LogP contribution >= 0.6 is 11.6 Å². The largest absolute Gasteiger partial charge is 0.378 e. The van der Waals surface area contributed by atoms with E-state index in [1.54, 1.807) is 0 Å². The number of hydrogen-bond acceptors (Lipinski definition) is 2. The number of carbonyl (C=O) groups excluding carboxylic acids is 1. The maximum absolute atomic E-state index is 12.3. The van der Waals surface area contributed by atoms with Crippen LogP contribution in [0.25, 0.3) is 0 Å². The highest BCUT2D eigenvalue weighted by Crippen LogP contribution is 2.33. The molecule has 0 aromatic rings. The third-order valence-electron chi connectivity index (χ3n) is 4.45. The average molecular weight is 288 g/mol. The molecule has 1 saturated heterocycles. The summed E-state index contributed by atoms with van der Waals surface area (Å²) in [4.78, 5) is 14.3. The second-order valence-corrected chi connectivity index (χ2v) is 6.32. The minimum absolute atomic E-state index is 0.347. The molecule has 1 aliphatic carbocycles. The Morgan fingerprint density at radius 2 is 2.16 bits per heavy atom. The molecule has 2 fully saturated rings. The van der Waals surface area contributed by atoms with Gasteiger partial charge in [-0.3, -0.25) is 4.79 Å². The summed E-state index contributed by atoms with van der Waals surface area (Å²) in [6, 6.07) is 0. The zero-order chi connectivity index (χ0) is 13.7. The fourth-order valence-corrected chi connectivity index (χ4v) is 3.58. The molecular weight excluding hydrogens is 262 g/mol. The van der Waals surface area contributed by atoms with Gasteiger partial charge >= 0.3 is 0 Å². The molecule has 1 aliphatic heterocycles. The minimum atomic E-state index is 0.347. The molecule has 19 heavy (non-hydrogen) atoms. The van der Waals surface area contributed by atoms with Gasteiger partial charge in [0, 0.05) is 32.0 Å². The van der Waals surface area contributed by atoms with E-state index >= 15 is 0 Å². The highest BCUT2D eigenvalue weighted by atomic mass is 35.5. The Morgan fingerprint density at radius 3 is 2.84 bits per heavy atom. The first-order valence-corrected chi connectivity index (χ1v) is 8.21. The van der Waals surface area contributed by atoms with E-state index in [1.807, 2.05) is 6.92 Å². The van der Waals surface area contributed by atoms with Crippen molar-refractivity contribution in [3.63, 3.8) is 0 Å². The number of rotatable bonds is 6. The monoisotopic (exact) mass is 287 g/mol. The fraction of sp³-hybridized carbons (Fsp3) is 0.933. The number of ether oxygens (including phenoxy) is 1. The van der Waals surface area contributed by atoms with Crippen molar-refractivity contribution < 1.29 is 9.53 Å². The molecule has 0 bridgehead atoms. The Balaban J connectivity index is 1.68. The van der Waals surface area contributed by atoms with E-state index in [4.69, 9.17) is 16.3 Å². The SMILES string of the molecule is CCOC1CC(CC(=O)N2CCCC(CCCl)C2)C1. The van der Waals surface area contributed by atoms with Crippen molar-refractivity contribution >= 4 is 17.5 Å². The Kier molecular flexibility index (Phi) is 5.96. The van der Waals surface area contributed by atoms with Gasteiger partial charge in [0.05, 0.1) is 6.10 Å². The predicted molar refractivity (Wildman–Crippen MR) is 77.4 cm³/mol. The summed E-state index contributed by atoms with van der Waals surface area (Å²) in [5.41, 5.74) is 0. The van der Waals surface area contributed by atoms with E-state index in [2.05, 4.69) is 4.90 Å². The van der Waals surface area contributed by atoms with E-state index in [9.17, 15) is 4.79 Å². The molecule has 1 atom stereocenters. The molecule has 2 rings (SSSR count). The number of hydrogen-bond donors (Lipinski definition) is 0. The summed E-state index contributed by atoms with van der Waals surface area (Å²) in [5, 5.41) is 0. The van der Waals surface area contributed by atoms with Crippen LogP contribution < -0.4 is 0 Å². The molecular formula is C15H26ClNO2. The van der Waals surface area contributed by atoms with Crippen LogP contribution in [0.15, 0.2) is 0 Å². The summed E-state index contributed by atoms with van der Waals surface area (Å²) in [7, 11) is 0. The smallest absolute Gasteiger partial charge is 0.222 e. The third-order valence-corrected chi connectivity index (χ3v) is 4.67. The molecule has 0 N–H and O–H groups in total. The van der Waals surface area contributed by atoms with Crippen molar-refractivity contribution in [3.05, 3.63) is 0 Å². The van der Waals surface area contributed by atoms with E-state index in [0.29, 0.717) is 29.7 Å². The Bertz CT molecular complexity index is 290. The normalized spacial score (nSPS) is 31.1. The van der Waals surface area contributed by atoms with Gasteiger partial charge in [0.15, 0.2) is 0 Å². The topological polar surface area (TPSA) is 29.5 Å². The first-order chi connectivity index (χ1) is 9.22. The summed E-state index contributed by atoms with van der Waals surface area (Å²) in [6.45, 7) is 4.69. The fourth-order valence-electron chi connectivity index (χ4n) is 3.27. The molecule has 0 aromatic carbocycles. The number of alkyl halides is 1. The molecule has 0 radical (unpaired) electrons. The van der Waals surface area contributed by atoms with Crippen LogP contribution in [0, 0.1) is 11.8 Å². The molecule has 110 valence electrons. The van der Waals surface area contributed by atoms with Crippen LogP contribution in [0.5, 0.6) is 0 Å². The van der Waals surface area contributed by atoms with Crippen LogP contribution in [0.1, 0.15) is 45.4 Å². The molecule has 1 amide bonds. The lowest BCUT2D eigenvalue weighted by Gasteiger charge is -2.37. The average Bonchev–Trinajstić information content (AvgIpc) is 2.37. The predicted octanol–water partition coefficient (Wildman–Crippen LogP) is 3.06. The van der Waals surface area contributed by atoms with Crippen molar-refractivity contribution in [2.24, 2.45) is 11.8 Å². The van der Waals surface area contributed by atoms with Crippen LogP contribution in [0.2, 0.25) is 0 Å². The first-order valence-electron chi connectivity index (χ1n) is 7.68. The second-order valence-electron chi connectivity index (χ2n) is 5.94. The standard InChI is InChI=1S/C15H26ClNO2/c1-2-19-14-8-13(9-14)10-15(18)17-7-3-4-12(11-17)5-6-16/h12-14H,2-11H2,1H3. The lowest BCUT2D eigenvalue weighted by molar-refractivity contribution is -0.136. The van der Waals surface area contributed by atoms with Crippen LogP contribution in [0.3, 0.4) is 0 Å². The van der Waals surface area contributed by atoms with Gasteiger partial charge in [-0.25, -0.2) is 0 Å². The molecule has 1 saturated carbocycles. The van der Waals surface area contributed by atoms with Gasteiger partial charge in [-0.05, 0) is 50.9 Å². The van der Waals surface area contributed by atoms with Crippen molar-refractivity contribution in [1.29, 1.82) is 0 Å². The number of nitrogens with zero attached hydrogens (tertiary/aromatic N) is 1. The Morgan fingerprint density at radius 1 is 1.37 bits per heavy atom. The van der Waals surface area contributed by atoms with Crippen molar-refractivity contribution in [3.8, 4) is 0 Å². The molecule has 0 aromatic heterocycles. The van der Waals surface area contributed by atoms with Gasteiger partial charge in [0.25, 0.3) is 0 Å². The van der Waals surface area contributed by atoms with Gasteiger partial charge in [0.1, 0.15) is 0 Å². The van der Waals surface area contributed by atoms with Crippen LogP contribution in [-0.4, -0.2) is 42.5 Å². The maximum Gasteiger partial charge on any atom is 0.222 e. The van der Waals surface area contributed by atoms with Gasteiger partial charge < -0.3 is 9.64 Å². The Labute approximate surface area is 121 Å². The van der Waals surface area contributed by atoms with Gasteiger partial charge in [-0.15, -0.1) is 11.6 Å². The highest BCUT2D eigenvalue weighted by Gasteiger charge is 2.33. The number of likely N-dealkylation sites (tertiary alicyclic amines) is 1. The number of halogens is 1. The molecule has 4 heteroatoms. The lowest BCUT2D eigenvalue weighted by atomic mass is 9.79. The molecule has 1 heterocycles. The van der Waals surface area contributed by atoms with Crippen LogP contribution in [-0.2, 0) is 9.53 Å². The van der Waals surface area contributed by atoms with Gasteiger partial charge in [-0.1, -0.05) is 0 Å². The van der Waals surface area contributed by atoms with Gasteiger partial charge in [0.2, 0.25) is 5.91 Å². The highest BCUT2D eigenvalue weighted by molar-refractivity contribution is 6.17. The number of amides is 1. The van der Waals surface area contributed by atoms with Crippen molar-refractivity contribution in [1.82, 2.24) is 4.90 Å². The van der Waals surface area contributed by atoms with E-state index < -0.39 is 0 Å². The van der Waals surface area contributed by atoms with Gasteiger partial charge in [-0.2, -0.15) is 0 Å². The third kappa shape index (κ3) is 4.35. The summed E-state index contributed by atoms with van der Waals surface area (Å²) in [6.07, 6.45) is 6.68. The summed E-state index contributed by atoms with van der Waals surface area (Å²) >= 11 is 5.81. The van der Waals surface area contributed by atoms with E-state index in [0.717, 1.165) is 51.8 Å². The second kappa shape index (κ2) is 7.49. The minimum Gasteiger partial charge on any atom is -0.378 e. The number of carbonyl (C=O) groups is 1. The van der Waals surface area contributed by atoms with E-state index in [1.165, 1.54) is 6.42 Å².